The number of nitro benzene ring substituents is 1. The summed E-state index contributed by atoms with van der Waals surface area (Å²) in [5.74, 6) is 0.993. The number of non-ortho nitro benzene ring substituents is 1. The lowest BCUT2D eigenvalue weighted by molar-refractivity contribution is -0.384. The quantitative estimate of drug-likeness (QED) is 0.593. The summed E-state index contributed by atoms with van der Waals surface area (Å²) in [5.41, 5.74) is 1.34. The Morgan fingerprint density at radius 1 is 1.04 bits per heavy atom. The largest absolute Gasteiger partial charge is 0.497 e. The summed E-state index contributed by atoms with van der Waals surface area (Å²) in [6.45, 7) is 2.25. The summed E-state index contributed by atoms with van der Waals surface area (Å²) < 4.78 is 10.5. The van der Waals surface area contributed by atoms with Gasteiger partial charge >= 0.3 is 0 Å². The van der Waals surface area contributed by atoms with E-state index in [2.05, 4.69) is 0 Å². The molecular weight excluding hydrogens is 350 g/mol. The molecule has 0 N–H and O–H groups in total. The predicted octanol–water partition coefficient (Wildman–Crippen LogP) is 2.57. The van der Waals surface area contributed by atoms with Crippen molar-refractivity contribution in [2.75, 3.05) is 45.3 Å². The molecule has 8 heteroatoms. The van der Waals surface area contributed by atoms with Crippen LogP contribution in [0.25, 0.3) is 0 Å². The fraction of sp³-hybridized carbons (Fsp3) is 0.316. The first-order chi connectivity index (χ1) is 13.0. The Labute approximate surface area is 157 Å². The number of hydrogen-bond acceptors (Lipinski definition) is 6. The second kappa shape index (κ2) is 7.94. The molecule has 1 amide bonds. The molecular formula is C19H21N3O5. The topological polar surface area (TPSA) is 85.2 Å². The van der Waals surface area contributed by atoms with E-state index in [1.54, 1.807) is 42.3 Å². The van der Waals surface area contributed by atoms with E-state index in [0.29, 0.717) is 43.2 Å². The van der Waals surface area contributed by atoms with Crippen molar-refractivity contribution >= 4 is 17.3 Å². The summed E-state index contributed by atoms with van der Waals surface area (Å²) in [6, 6.07) is 11.7. The van der Waals surface area contributed by atoms with Crippen molar-refractivity contribution in [1.82, 2.24) is 4.90 Å². The van der Waals surface area contributed by atoms with Gasteiger partial charge in [-0.3, -0.25) is 14.9 Å². The van der Waals surface area contributed by atoms with Crippen LogP contribution in [0, 0.1) is 10.1 Å². The molecule has 0 spiro atoms. The molecule has 1 aliphatic heterocycles. The number of methoxy groups -OCH3 is 2. The smallest absolute Gasteiger partial charge is 0.271 e. The Kier molecular flexibility index (Phi) is 5.44. The lowest BCUT2D eigenvalue weighted by atomic mass is 10.1. The molecule has 8 nitrogen and oxygen atoms in total. The minimum Gasteiger partial charge on any atom is -0.497 e. The first-order valence-electron chi connectivity index (χ1n) is 8.54. The van der Waals surface area contributed by atoms with Crippen molar-refractivity contribution in [2.45, 2.75) is 0 Å². The van der Waals surface area contributed by atoms with Crippen LogP contribution in [0.3, 0.4) is 0 Å². The number of nitrogens with zero attached hydrogens (tertiary/aromatic N) is 3. The van der Waals surface area contributed by atoms with Gasteiger partial charge in [-0.2, -0.15) is 0 Å². The minimum atomic E-state index is -0.404. The lowest BCUT2D eigenvalue weighted by Crippen LogP contribution is -2.48. The van der Waals surface area contributed by atoms with E-state index in [1.807, 2.05) is 11.0 Å². The summed E-state index contributed by atoms with van der Waals surface area (Å²) in [5, 5.41) is 11.0. The number of carbonyl (C=O) groups excluding carboxylic acids is 1. The third kappa shape index (κ3) is 3.94. The SMILES string of the molecule is COc1ccc(C(=O)N2CCN(c3cccc([N+](=O)[O-])c3)CC2)c(OC)c1. The molecule has 3 rings (SSSR count). The molecule has 1 aliphatic rings. The van der Waals surface area contributed by atoms with Gasteiger partial charge in [-0.1, -0.05) is 6.07 Å². The molecule has 1 saturated heterocycles. The van der Waals surface area contributed by atoms with Gasteiger partial charge < -0.3 is 19.3 Å². The lowest BCUT2D eigenvalue weighted by Gasteiger charge is -2.36. The van der Waals surface area contributed by atoms with Crippen LogP contribution in [0.15, 0.2) is 42.5 Å². The van der Waals surface area contributed by atoms with Crippen molar-refractivity contribution in [3.8, 4) is 11.5 Å². The van der Waals surface area contributed by atoms with Gasteiger partial charge in [-0.25, -0.2) is 0 Å². The van der Waals surface area contributed by atoms with E-state index in [9.17, 15) is 14.9 Å². The minimum absolute atomic E-state index is 0.0639. The van der Waals surface area contributed by atoms with Gasteiger partial charge in [0.05, 0.1) is 24.7 Å². The fourth-order valence-electron chi connectivity index (χ4n) is 3.12. The molecule has 1 fully saturated rings. The molecule has 1 heterocycles. The average Bonchev–Trinajstić information content (AvgIpc) is 2.73. The number of anilines is 1. The highest BCUT2D eigenvalue weighted by Gasteiger charge is 2.25. The van der Waals surface area contributed by atoms with E-state index < -0.39 is 4.92 Å². The van der Waals surface area contributed by atoms with Crippen LogP contribution in [0.1, 0.15) is 10.4 Å². The van der Waals surface area contributed by atoms with Crippen molar-refractivity contribution in [3.05, 3.63) is 58.1 Å². The zero-order valence-electron chi connectivity index (χ0n) is 15.3. The monoisotopic (exact) mass is 371 g/mol. The molecule has 2 aromatic carbocycles. The van der Waals surface area contributed by atoms with Gasteiger partial charge in [-0.05, 0) is 18.2 Å². The number of hydrogen-bond donors (Lipinski definition) is 0. The van der Waals surface area contributed by atoms with Gasteiger partial charge in [0.25, 0.3) is 11.6 Å². The van der Waals surface area contributed by atoms with Gasteiger partial charge in [0.15, 0.2) is 0 Å². The van der Waals surface area contributed by atoms with Crippen molar-refractivity contribution < 1.29 is 19.2 Å². The molecule has 0 unspecified atom stereocenters. The van der Waals surface area contributed by atoms with Crippen LogP contribution in [0.2, 0.25) is 0 Å². The number of ether oxygens (including phenoxy) is 2. The summed E-state index contributed by atoms with van der Waals surface area (Å²) in [4.78, 5) is 27.2. The van der Waals surface area contributed by atoms with Crippen molar-refractivity contribution in [3.63, 3.8) is 0 Å². The Morgan fingerprint density at radius 2 is 1.78 bits per heavy atom. The standard InChI is InChI=1S/C19H21N3O5/c1-26-16-6-7-17(18(13-16)27-2)19(23)21-10-8-20(9-11-21)14-4-3-5-15(12-14)22(24)25/h3-7,12-13H,8-11H2,1-2H3. The zero-order valence-corrected chi connectivity index (χ0v) is 15.3. The van der Waals surface area contributed by atoms with Crippen molar-refractivity contribution in [2.24, 2.45) is 0 Å². The average molecular weight is 371 g/mol. The van der Waals surface area contributed by atoms with Crippen LogP contribution >= 0.6 is 0 Å². The first-order valence-corrected chi connectivity index (χ1v) is 8.54. The number of amides is 1. The Morgan fingerprint density at radius 3 is 2.41 bits per heavy atom. The molecule has 0 bridgehead atoms. The normalized spacial score (nSPS) is 14.0. The second-order valence-electron chi connectivity index (χ2n) is 6.12. The third-order valence-corrected chi connectivity index (χ3v) is 4.61. The van der Waals surface area contributed by atoms with Gasteiger partial charge in [-0.15, -0.1) is 0 Å². The molecule has 0 atom stereocenters. The van der Waals surface area contributed by atoms with Gasteiger partial charge in [0.2, 0.25) is 0 Å². The predicted molar refractivity (Wildman–Crippen MR) is 101 cm³/mol. The highest BCUT2D eigenvalue weighted by molar-refractivity contribution is 5.97. The van der Waals surface area contributed by atoms with Gasteiger partial charge in [0.1, 0.15) is 11.5 Å². The van der Waals surface area contributed by atoms with Crippen LogP contribution in [0.4, 0.5) is 11.4 Å². The number of piperazine rings is 1. The first kappa shape index (κ1) is 18.5. The number of carbonyl (C=O) groups is 1. The molecule has 0 saturated carbocycles. The highest BCUT2D eigenvalue weighted by Crippen LogP contribution is 2.27. The molecule has 2 aromatic rings. The Balaban J connectivity index is 1.69. The zero-order chi connectivity index (χ0) is 19.4. The van der Waals surface area contributed by atoms with Crippen molar-refractivity contribution in [1.29, 1.82) is 0 Å². The number of benzene rings is 2. The molecule has 27 heavy (non-hydrogen) atoms. The number of rotatable bonds is 5. The Hall–Kier alpha value is -3.29. The second-order valence-corrected chi connectivity index (χ2v) is 6.12. The third-order valence-electron chi connectivity index (χ3n) is 4.61. The van der Waals surface area contributed by atoms with E-state index in [0.717, 1.165) is 5.69 Å². The summed E-state index contributed by atoms with van der Waals surface area (Å²) in [7, 11) is 3.08. The van der Waals surface area contributed by atoms with Crippen LogP contribution < -0.4 is 14.4 Å². The van der Waals surface area contributed by atoms with Crippen LogP contribution in [-0.4, -0.2) is 56.1 Å². The molecule has 0 radical (unpaired) electrons. The Bertz CT molecular complexity index is 847. The van der Waals surface area contributed by atoms with Crippen LogP contribution in [-0.2, 0) is 0 Å². The number of nitro groups is 1. The van der Waals surface area contributed by atoms with Crippen LogP contribution in [0.5, 0.6) is 11.5 Å². The van der Waals surface area contributed by atoms with E-state index in [1.165, 1.54) is 13.2 Å². The molecule has 0 aromatic heterocycles. The molecule has 0 aliphatic carbocycles. The maximum absolute atomic E-state index is 12.9. The highest BCUT2D eigenvalue weighted by atomic mass is 16.6. The maximum Gasteiger partial charge on any atom is 0.271 e. The summed E-state index contributed by atoms with van der Waals surface area (Å²) in [6.07, 6.45) is 0. The summed E-state index contributed by atoms with van der Waals surface area (Å²) >= 11 is 0. The van der Waals surface area contributed by atoms with E-state index in [4.69, 9.17) is 9.47 Å². The fourth-order valence-corrected chi connectivity index (χ4v) is 3.12. The molecule has 142 valence electrons. The van der Waals surface area contributed by atoms with E-state index in [-0.39, 0.29) is 11.6 Å². The maximum atomic E-state index is 12.9. The van der Waals surface area contributed by atoms with Gasteiger partial charge in [0, 0.05) is 50.1 Å². The van der Waals surface area contributed by atoms with E-state index >= 15 is 0 Å².